The number of carbonyl (C=O) groups is 6. The van der Waals surface area contributed by atoms with E-state index in [9.17, 15) is 44.1 Å². The summed E-state index contributed by atoms with van der Waals surface area (Å²) in [6.07, 6.45) is -4.49. The molecular weight excluding hydrogens is 446 g/mol. The van der Waals surface area contributed by atoms with Crippen LogP contribution in [-0.4, -0.2) is 92.4 Å². The number of rotatable bonds is 15. The second-order valence-electron chi connectivity index (χ2n) is 7.39. The lowest BCUT2D eigenvalue weighted by atomic mass is 10.1. The fourth-order valence-corrected chi connectivity index (χ4v) is 2.49. The second-order valence-corrected chi connectivity index (χ2v) is 7.39. The minimum Gasteiger partial charge on any atom is -0.481 e. The molecule has 0 aliphatic carbocycles. The van der Waals surface area contributed by atoms with Gasteiger partial charge in [-0.2, -0.15) is 0 Å². The Balaban J connectivity index is 5.53. The van der Waals surface area contributed by atoms with Crippen molar-refractivity contribution in [1.82, 2.24) is 16.0 Å². The zero-order valence-corrected chi connectivity index (χ0v) is 18.2. The molecule has 0 aromatic heterocycles. The summed E-state index contributed by atoms with van der Waals surface area (Å²) < 4.78 is 0. The lowest BCUT2D eigenvalue weighted by Gasteiger charge is -2.26. The van der Waals surface area contributed by atoms with Crippen molar-refractivity contribution in [2.45, 2.75) is 75.9 Å². The highest BCUT2D eigenvalue weighted by molar-refractivity contribution is 5.94. The standard InChI is InChI=1S/C18H31N5O10/c1-7(24)13(20)16(30)23-14(8(2)25)17(31)21-9(3-5-11(19)26)15(29)22-10(18(32)33)4-6-12(27)28/h7-10,13-14,24-25H,3-6,20H2,1-2H3,(H2,19,26)(H,21,31)(H,22,29)(H,23,30)(H,27,28)(H,32,33). The highest BCUT2D eigenvalue weighted by atomic mass is 16.4. The van der Waals surface area contributed by atoms with Gasteiger partial charge in [0.25, 0.3) is 0 Å². The van der Waals surface area contributed by atoms with Crippen molar-refractivity contribution in [2.24, 2.45) is 11.5 Å². The van der Waals surface area contributed by atoms with Gasteiger partial charge in [0.05, 0.1) is 12.2 Å². The van der Waals surface area contributed by atoms with Crippen LogP contribution >= 0.6 is 0 Å². The SMILES string of the molecule is CC(O)C(N)C(=O)NC(C(=O)NC(CCC(N)=O)C(=O)NC(CCC(=O)O)C(=O)O)C(C)O. The van der Waals surface area contributed by atoms with Gasteiger partial charge in [0.2, 0.25) is 23.6 Å². The Morgan fingerprint density at radius 3 is 1.70 bits per heavy atom. The van der Waals surface area contributed by atoms with E-state index in [1.54, 1.807) is 0 Å². The third-order valence-corrected chi connectivity index (χ3v) is 4.46. The minimum absolute atomic E-state index is 0.355. The molecule has 15 heteroatoms. The molecule has 0 saturated carbocycles. The number of carboxylic acid groups (broad SMARTS) is 2. The van der Waals surface area contributed by atoms with E-state index in [1.807, 2.05) is 0 Å². The highest BCUT2D eigenvalue weighted by Crippen LogP contribution is 2.05. The van der Waals surface area contributed by atoms with Gasteiger partial charge in [-0.05, 0) is 26.7 Å². The molecule has 0 aliphatic rings. The van der Waals surface area contributed by atoms with Gasteiger partial charge in [0.1, 0.15) is 24.2 Å². The van der Waals surface area contributed by atoms with E-state index < -0.39 is 84.8 Å². The van der Waals surface area contributed by atoms with E-state index in [0.717, 1.165) is 6.92 Å². The molecule has 4 amide bonds. The van der Waals surface area contributed by atoms with Crippen LogP contribution in [0.2, 0.25) is 0 Å². The number of primary amides is 1. The molecule has 0 aliphatic heterocycles. The Bertz CT molecular complexity index is 742. The Hall–Kier alpha value is -3.30. The average molecular weight is 477 g/mol. The normalized spacial score (nSPS) is 16.3. The maximum absolute atomic E-state index is 12.6. The number of aliphatic hydroxyl groups is 2. The number of carboxylic acids is 2. The summed E-state index contributed by atoms with van der Waals surface area (Å²) in [5.74, 6) is -6.74. The van der Waals surface area contributed by atoms with Crippen molar-refractivity contribution >= 4 is 35.6 Å². The fourth-order valence-electron chi connectivity index (χ4n) is 2.49. The number of aliphatic carboxylic acids is 2. The molecule has 0 saturated heterocycles. The highest BCUT2D eigenvalue weighted by Gasteiger charge is 2.33. The maximum atomic E-state index is 12.6. The number of hydrogen-bond acceptors (Lipinski definition) is 9. The molecule has 0 aromatic carbocycles. The molecule has 188 valence electrons. The summed E-state index contributed by atoms with van der Waals surface area (Å²) in [6, 6.07) is -6.15. The van der Waals surface area contributed by atoms with Gasteiger partial charge < -0.3 is 47.8 Å². The van der Waals surface area contributed by atoms with Crippen LogP contribution < -0.4 is 27.4 Å². The molecule has 11 N–H and O–H groups in total. The summed E-state index contributed by atoms with van der Waals surface area (Å²) in [7, 11) is 0. The Labute approximate surface area is 188 Å². The number of nitrogens with two attached hydrogens (primary N) is 2. The monoisotopic (exact) mass is 477 g/mol. The Morgan fingerprint density at radius 2 is 1.27 bits per heavy atom. The van der Waals surface area contributed by atoms with Crippen LogP contribution in [0.3, 0.4) is 0 Å². The summed E-state index contributed by atoms with van der Waals surface area (Å²) in [5, 5.41) is 43.6. The largest absolute Gasteiger partial charge is 0.481 e. The zero-order chi connectivity index (χ0) is 25.9. The Morgan fingerprint density at radius 1 is 0.758 bits per heavy atom. The third kappa shape index (κ3) is 11.2. The van der Waals surface area contributed by atoms with E-state index >= 15 is 0 Å². The Kier molecular flexibility index (Phi) is 12.6. The quantitative estimate of drug-likeness (QED) is 0.109. The van der Waals surface area contributed by atoms with Crippen molar-refractivity contribution in [2.75, 3.05) is 0 Å². The average Bonchev–Trinajstić information content (AvgIpc) is 2.69. The molecule has 6 unspecified atom stereocenters. The number of aliphatic hydroxyl groups excluding tert-OH is 2. The number of hydrogen-bond donors (Lipinski definition) is 9. The molecular formula is C18H31N5O10. The third-order valence-electron chi connectivity index (χ3n) is 4.46. The fraction of sp³-hybridized carbons (Fsp3) is 0.667. The molecule has 0 bridgehead atoms. The van der Waals surface area contributed by atoms with Crippen molar-refractivity contribution in [1.29, 1.82) is 0 Å². The van der Waals surface area contributed by atoms with Crippen molar-refractivity contribution in [3.63, 3.8) is 0 Å². The zero-order valence-electron chi connectivity index (χ0n) is 18.2. The smallest absolute Gasteiger partial charge is 0.326 e. The van der Waals surface area contributed by atoms with Crippen LogP contribution in [0.1, 0.15) is 39.5 Å². The minimum atomic E-state index is -1.62. The molecule has 0 rings (SSSR count). The molecule has 15 nitrogen and oxygen atoms in total. The van der Waals surface area contributed by atoms with E-state index in [1.165, 1.54) is 6.92 Å². The molecule has 0 spiro atoms. The van der Waals surface area contributed by atoms with Crippen LogP contribution in [0.15, 0.2) is 0 Å². The van der Waals surface area contributed by atoms with Crippen LogP contribution in [0.25, 0.3) is 0 Å². The van der Waals surface area contributed by atoms with Gasteiger partial charge in [-0.25, -0.2) is 4.79 Å². The van der Waals surface area contributed by atoms with Crippen LogP contribution in [0.4, 0.5) is 0 Å². The lowest BCUT2D eigenvalue weighted by molar-refractivity contribution is -0.143. The number of amides is 4. The van der Waals surface area contributed by atoms with E-state index in [2.05, 4.69) is 16.0 Å². The summed E-state index contributed by atoms with van der Waals surface area (Å²) in [6.45, 7) is 2.39. The van der Waals surface area contributed by atoms with Gasteiger partial charge >= 0.3 is 11.9 Å². The van der Waals surface area contributed by atoms with E-state index in [4.69, 9.17) is 16.6 Å². The first-order valence-corrected chi connectivity index (χ1v) is 9.93. The van der Waals surface area contributed by atoms with Gasteiger partial charge in [0, 0.05) is 12.8 Å². The topological polar surface area (TPSA) is 271 Å². The van der Waals surface area contributed by atoms with E-state index in [0.29, 0.717) is 0 Å². The molecule has 0 radical (unpaired) electrons. The van der Waals surface area contributed by atoms with Crippen molar-refractivity contribution in [3.8, 4) is 0 Å². The van der Waals surface area contributed by atoms with Gasteiger partial charge in [-0.1, -0.05) is 0 Å². The van der Waals surface area contributed by atoms with Crippen LogP contribution in [-0.2, 0) is 28.8 Å². The molecule has 0 aromatic rings. The molecule has 0 heterocycles. The van der Waals surface area contributed by atoms with Gasteiger partial charge in [-0.15, -0.1) is 0 Å². The maximum Gasteiger partial charge on any atom is 0.326 e. The summed E-state index contributed by atoms with van der Waals surface area (Å²) in [4.78, 5) is 70.4. The van der Waals surface area contributed by atoms with Crippen molar-refractivity contribution in [3.05, 3.63) is 0 Å². The first kappa shape index (κ1) is 29.7. The number of nitrogens with one attached hydrogen (secondary N) is 3. The molecule has 0 fully saturated rings. The number of carbonyl (C=O) groups excluding carboxylic acids is 4. The predicted octanol–water partition coefficient (Wildman–Crippen LogP) is -4.26. The van der Waals surface area contributed by atoms with Crippen molar-refractivity contribution < 1.29 is 49.2 Å². The second kappa shape index (κ2) is 14.0. The lowest BCUT2D eigenvalue weighted by Crippen LogP contribution is -2.60. The first-order valence-electron chi connectivity index (χ1n) is 9.93. The van der Waals surface area contributed by atoms with Gasteiger partial charge in [0.15, 0.2) is 0 Å². The van der Waals surface area contributed by atoms with Crippen LogP contribution in [0.5, 0.6) is 0 Å². The predicted molar refractivity (Wildman–Crippen MR) is 110 cm³/mol. The molecule has 33 heavy (non-hydrogen) atoms. The van der Waals surface area contributed by atoms with E-state index in [-0.39, 0.29) is 12.8 Å². The van der Waals surface area contributed by atoms with Gasteiger partial charge in [-0.3, -0.25) is 24.0 Å². The summed E-state index contributed by atoms with van der Waals surface area (Å²) in [5.41, 5.74) is 10.5. The molecule has 6 atom stereocenters. The summed E-state index contributed by atoms with van der Waals surface area (Å²) >= 11 is 0. The first-order chi connectivity index (χ1) is 15.2. The van der Waals surface area contributed by atoms with Crippen LogP contribution in [0, 0.1) is 0 Å².